The lowest BCUT2D eigenvalue weighted by molar-refractivity contribution is -0.138. The van der Waals surface area contributed by atoms with Crippen molar-refractivity contribution in [2.24, 2.45) is 0 Å². The Morgan fingerprint density at radius 1 is 1.17 bits per heavy atom. The largest absolute Gasteiger partial charge is 0.480 e. The quantitative estimate of drug-likeness (QED) is 0.333. The van der Waals surface area contributed by atoms with E-state index in [4.69, 9.17) is 23.2 Å². The maximum Gasteiger partial charge on any atom is 0.319 e. The molecule has 1 aromatic heterocycles. The molecule has 0 bridgehead atoms. The summed E-state index contributed by atoms with van der Waals surface area (Å²) in [7, 11) is 0. The minimum absolute atomic E-state index is 0.491. The molecule has 4 nitrogen and oxygen atoms in total. The van der Waals surface area contributed by atoms with E-state index in [0.29, 0.717) is 15.9 Å². The number of benzene rings is 2. The van der Waals surface area contributed by atoms with Crippen molar-refractivity contribution in [3.63, 3.8) is 0 Å². The highest BCUT2D eigenvalue weighted by Crippen LogP contribution is 2.36. The number of carboxylic acid groups (broad SMARTS) is 1. The van der Waals surface area contributed by atoms with Crippen molar-refractivity contribution in [2.45, 2.75) is 41.7 Å². The lowest BCUT2D eigenvalue weighted by Crippen LogP contribution is -2.27. The number of carboxylic acids is 1. The molecule has 0 aliphatic rings. The fourth-order valence-corrected chi connectivity index (χ4v) is 5.54. The second kappa shape index (κ2) is 9.92. The van der Waals surface area contributed by atoms with Gasteiger partial charge < -0.3 is 5.11 Å². The highest BCUT2D eigenvalue weighted by molar-refractivity contribution is 8.01. The van der Waals surface area contributed by atoms with E-state index in [9.17, 15) is 9.90 Å². The van der Waals surface area contributed by atoms with Crippen LogP contribution in [0.1, 0.15) is 24.4 Å². The minimum Gasteiger partial charge on any atom is -0.480 e. The predicted octanol–water partition coefficient (Wildman–Crippen LogP) is 7.11. The second-order valence-electron chi connectivity index (χ2n) is 7.08. The van der Waals surface area contributed by atoms with Crippen molar-refractivity contribution in [1.29, 1.82) is 0 Å². The zero-order valence-corrected chi connectivity index (χ0v) is 20.6. The van der Waals surface area contributed by atoms with Crippen LogP contribution in [0.4, 0.5) is 0 Å². The van der Waals surface area contributed by atoms with Gasteiger partial charge in [0.25, 0.3) is 0 Å². The summed E-state index contributed by atoms with van der Waals surface area (Å²) in [4.78, 5) is 18.1. The van der Waals surface area contributed by atoms with Gasteiger partial charge in [-0.1, -0.05) is 23.2 Å². The first kappa shape index (κ1) is 23.4. The second-order valence-corrected chi connectivity index (χ2v) is 11.6. The van der Waals surface area contributed by atoms with Crippen LogP contribution >= 0.6 is 58.3 Å². The first-order valence-electron chi connectivity index (χ1n) is 9.09. The standard InChI is InChI=1S/C21H20Cl2N2O2S3/c1-12-10-14(5-7-17(12)29-21(2,3)20(26)27)28-9-8-18-24-19(25-30-18)13-4-6-15(22)16(23)11-13/h4-7,10-11H,8-9H2,1-3H3,(H,26,27). The average Bonchev–Trinajstić information content (AvgIpc) is 3.15. The number of aromatic nitrogens is 2. The lowest BCUT2D eigenvalue weighted by Gasteiger charge is -2.19. The molecule has 1 heterocycles. The molecule has 0 aliphatic carbocycles. The van der Waals surface area contributed by atoms with E-state index < -0.39 is 10.7 Å². The first-order valence-corrected chi connectivity index (χ1v) is 12.4. The van der Waals surface area contributed by atoms with Crippen molar-refractivity contribution in [3.8, 4) is 11.4 Å². The highest BCUT2D eigenvalue weighted by Gasteiger charge is 2.29. The van der Waals surface area contributed by atoms with Gasteiger partial charge in [-0.05, 0) is 74.3 Å². The average molecular weight is 500 g/mol. The van der Waals surface area contributed by atoms with Gasteiger partial charge in [-0.15, -0.1) is 23.5 Å². The molecular formula is C21H20Cl2N2O2S3. The van der Waals surface area contributed by atoms with E-state index in [1.54, 1.807) is 37.7 Å². The summed E-state index contributed by atoms with van der Waals surface area (Å²) in [5.41, 5.74) is 1.93. The Morgan fingerprint density at radius 2 is 1.93 bits per heavy atom. The predicted molar refractivity (Wildman–Crippen MR) is 129 cm³/mol. The Kier molecular flexibility index (Phi) is 7.74. The number of halogens is 2. The topological polar surface area (TPSA) is 63.1 Å². The van der Waals surface area contributed by atoms with Crippen molar-refractivity contribution in [2.75, 3.05) is 5.75 Å². The van der Waals surface area contributed by atoms with Gasteiger partial charge in [-0.3, -0.25) is 4.79 Å². The van der Waals surface area contributed by atoms with Crippen LogP contribution in [-0.2, 0) is 11.2 Å². The molecule has 0 atom stereocenters. The molecule has 3 rings (SSSR count). The smallest absolute Gasteiger partial charge is 0.319 e. The van der Waals surface area contributed by atoms with Gasteiger partial charge >= 0.3 is 5.97 Å². The molecule has 30 heavy (non-hydrogen) atoms. The normalized spacial score (nSPS) is 11.6. The number of thioether (sulfide) groups is 2. The number of nitrogens with zero attached hydrogens (tertiary/aromatic N) is 2. The molecular weight excluding hydrogens is 479 g/mol. The van der Waals surface area contributed by atoms with Crippen LogP contribution in [-0.4, -0.2) is 30.9 Å². The molecule has 0 saturated carbocycles. The van der Waals surface area contributed by atoms with Gasteiger partial charge in [0.2, 0.25) is 0 Å². The van der Waals surface area contributed by atoms with Crippen LogP contribution in [0, 0.1) is 6.92 Å². The van der Waals surface area contributed by atoms with Gasteiger partial charge in [0, 0.05) is 27.5 Å². The Bertz CT molecular complexity index is 1070. The molecule has 1 N–H and O–H groups in total. The lowest BCUT2D eigenvalue weighted by atomic mass is 10.2. The van der Waals surface area contributed by atoms with Crippen molar-refractivity contribution in [3.05, 3.63) is 57.0 Å². The molecule has 2 aromatic carbocycles. The Balaban J connectivity index is 1.58. The number of aliphatic carboxylic acids is 1. The van der Waals surface area contributed by atoms with Gasteiger partial charge in [-0.2, -0.15) is 4.37 Å². The zero-order chi connectivity index (χ0) is 21.9. The van der Waals surface area contributed by atoms with Gasteiger partial charge in [-0.25, -0.2) is 4.98 Å². The van der Waals surface area contributed by atoms with Crippen molar-refractivity contribution < 1.29 is 9.90 Å². The number of hydrogen-bond acceptors (Lipinski definition) is 6. The molecule has 158 valence electrons. The fraction of sp³-hybridized carbons (Fsp3) is 0.286. The first-order chi connectivity index (χ1) is 14.2. The highest BCUT2D eigenvalue weighted by atomic mass is 35.5. The van der Waals surface area contributed by atoms with Crippen LogP contribution in [0.5, 0.6) is 0 Å². The Morgan fingerprint density at radius 3 is 2.60 bits per heavy atom. The Hall–Kier alpha value is -1.25. The molecule has 0 radical (unpaired) electrons. The summed E-state index contributed by atoms with van der Waals surface area (Å²) in [6.07, 6.45) is 0.811. The number of rotatable bonds is 8. The van der Waals surface area contributed by atoms with Gasteiger partial charge in [0.05, 0.1) is 10.0 Å². The number of aryl methyl sites for hydroxylation is 2. The van der Waals surface area contributed by atoms with E-state index in [0.717, 1.165) is 38.1 Å². The van der Waals surface area contributed by atoms with Gasteiger partial charge in [0.1, 0.15) is 9.75 Å². The zero-order valence-electron chi connectivity index (χ0n) is 16.6. The molecule has 3 aromatic rings. The summed E-state index contributed by atoms with van der Waals surface area (Å²) < 4.78 is 3.57. The van der Waals surface area contributed by atoms with E-state index in [1.165, 1.54) is 23.3 Å². The number of hydrogen-bond donors (Lipinski definition) is 1. The molecule has 0 amide bonds. The summed E-state index contributed by atoms with van der Waals surface area (Å²) in [6, 6.07) is 11.5. The molecule has 0 aliphatic heterocycles. The summed E-state index contributed by atoms with van der Waals surface area (Å²) in [5, 5.41) is 11.3. The van der Waals surface area contributed by atoms with E-state index >= 15 is 0 Å². The van der Waals surface area contributed by atoms with Crippen LogP contribution < -0.4 is 0 Å². The van der Waals surface area contributed by atoms with Crippen LogP contribution in [0.25, 0.3) is 11.4 Å². The third-order valence-electron chi connectivity index (χ3n) is 4.26. The van der Waals surface area contributed by atoms with E-state index in [-0.39, 0.29) is 0 Å². The van der Waals surface area contributed by atoms with Crippen molar-refractivity contribution in [1.82, 2.24) is 9.36 Å². The minimum atomic E-state index is -0.858. The third kappa shape index (κ3) is 5.92. The summed E-state index contributed by atoms with van der Waals surface area (Å²) in [5.74, 6) is 0.724. The molecule has 0 spiro atoms. The van der Waals surface area contributed by atoms with Crippen LogP contribution in [0.15, 0.2) is 46.2 Å². The van der Waals surface area contributed by atoms with E-state index in [2.05, 4.69) is 15.4 Å². The maximum atomic E-state index is 11.4. The monoisotopic (exact) mass is 498 g/mol. The Labute approximate surface area is 198 Å². The van der Waals surface area contributed by atoms with Gasteiger partial charge in [0.15, 0.2) is 5.82 Å². The van der Waals surface area contributed by atoms with Crippen LogP contribution in [0.2, 0.25) is 10.0 Å². The summed E-state index contributed by atoms with van der Waals surface area (Å²) in [6.45, 7) is 5.45. The third-order valence-corrected chi connectivity index (χ3v) is 8.12. The molecule has 0 unspecified atom stereocenters. The number of carbonyl (C=O) groups is 1. The maximum absolute atomic E-state index is 11.4. The molecule has 0 saturated heterocycles. The van der Waals surface area contributed by atoms with Crippen molar-refractivity contribution >= 4 is 64.2 Å². The molecule has 0 fully saturated rings. The molecule has 9 heteroatoms. The van der Waals surface area contributed by atoms with Crippen LogP contribution in [0.3, 0.4) is 0 Å². The van der Waals surface area contributed by atoms with E-state index in [1.807, 2.05) is 25.1 Å². The fourth-order valence-electron chi connectivity index (χ4n) is 2.51. The SMILES string of the molecule is Cc1cc(SCCc2nc(-c3ccc(Cl)c(Cl)c3)ns2)ccc1SC(C)(C)C(=O)O. The summed E-state index contributed by atoms with van der Waals surface area (Å²) >= 11 is 16.6.